The number of nitrogens with one attached hydrogen (secondary N) is 1. The Morgan fingerprint density at radius 3 is 2.41 bits per heavy atom. The first-order valence-electron chi connectivity index (χ1n) is 10.9. The maximum absolute atomic E-state index is 13.0. The van der Waals surface area contributed by atoms with Gasteiger partial charge >= 0.3 is 6.18 Å². The summed E-state index contributed by atoms with van der Waals surface area (Å²) in [4.78, 5) is 27.3. The van der Waals surface area contributed by atoms with Gasteiger partial charge < -0.3 is 15.0 Å². The number of hydrogen-bond acceptors (Lipinski definition) is 3. The molecule has 1 heterocycles. The van der Waals surface area contributed by atoms with E-state index in [1.165, 1.54) is 0 Å². The number of hydrogen-bond donors (Lipinski definition) is 1. The second-order valence-electron chi connectivity index (χ2n) is 8.05. The van der Waals surface area contributed by atoms with Crippen molar-refractivity contribution in [2.75, 3.05) is 5.32 Å². The first-order valence-corrected chi connectivity index (χ1v) is 10.9. The molecule has 1 aliphatic rings. The summed E-state index contributed by atoms with van der Waals surface area (Å²) in [6.07, 6.45) is -4.57. The number of nitrogens with zero attached hydrogens (tertiary/aromatic N) is 1. The smallest absolute Gasteiger partial charge is 0.416 e. The summed E-state index contributed by atoms with van der Waals surface area (Å²) >= 11 is 0. The zero-order chi connectivity index (χ0) is 24.3. The van der Waals surface area contributed by atoms with Crippen molar-refractivity contribution in [2.45, 2.75) is 38.7 Å². The van der Waals surface area contributed by atoms with E-state index in [0.29, 0.717) is 30.9 Å². The van der Waals surface area contributed by atoms with E-state index in [1.807, 2.05) is 37.3 Å². The van der Waals surface area contributed by atoms with Crippen molar-refractivity contribution in [2.24, 2.45) is 0 Å². The van der Waals surface area contributed by atoms with Crippen LogP contribution >= 0.6 is 0 Å². The average Bonchev–Trinajstić information content (AvgIpc) is 2.95. The minimum atomic E-state index is -4.47. The van der Waals surface area contributed by atoms with Gasteiger partial charge in [-0.3, -0.25) is 9.59 Å². The Labute approximate surface area is 195 Å². The van der Waals surface area contributed by atoms with E-state index in [0.717, 1.165) is 35.4 Å². The number of benzene rings is 3. The minimum absolute atomic E-state index is 0.103. The van der Waals surface area contributed by atoms with Crippen LogP contribution in [0.1, 0.15) is 40.4 Å². The number of amides is 2. The van der Waals surface area contributed by atoms with Crippen molar-refractivity contribution in [3.63, 3.8) is 0 Å². The summed E-state index contributed by atoms with van der Waals surface area (Å²) in [6, 6.07) is 18.7. The molecule has 0 aromatic heterocycles. The molecule has 4 rings (SSSR count). The average molecular weight is 468 g/mol. The van der Waals surface area contributed by atoms with E-state index in [1.54, 1.807) is 23.1 Å². The molecule has 8 heteroatoms. The molecular weight excluding hydrogens is 445 g/mol. The van der Waals surface area contributed by atoms with Gasteiger partial charge in [0.25, 0.3) is 11.8 Å². The van der Waals surface area contributed by atoms with Crippen molar-refractivity contribution in [1.29, 1.82) is 0 Å². The van der Waals surface area contributed by atoms with Gasteiger partial charge in [-0.25, -0.2) is 0 Å². The Kier molecular flexibility index (Phi) is 6.58. The molecule has 34 heavy (non-hydrogen) atoms. The van der Waals surface area contributed by atoms with Crippen LogP contribution in [0.5, 0.6) is 5.75 Å². The molecule has 5 nitrogen and oxygen atoms in total. The van der Waals surface area contributed by atoms with Gasteiger partial charge in [0.05, 0.1) is 5.56 Å². The summed E-state index contributed by atoms with van der Waals surface area (Å²) < 4.78 is 44.3. The van der Waals surface area contributed by atoms with Gasteiger partial charge in [0.2, 0.25) is 0 Å². The van der Waals surface area contributed by atoms with Gasteiger partial charge in [-0.1, -0.05) is 37.3 Å². The lowest BCUT2D eigenvalue weighted by Crippen LogP contribution is -2.38. The summed E-state index contributed by atoms with van der Waals surface area (Å²) in [5, 5.41) is 2.71. The molecule has 0 fully saturated rings. The number of carbonyl (C=O) groups is 2. The SMILES string of the molecule is CCC1Oc2ccc(NC(=O)c3ccc(C(F)(F)F)cc3)cc2CN(Cc2ccccc2)C1=O. The first-order chi connectivity index (χ1) is 16.2. The Balaban J connectivity index is 1.55. The van der Waals surface area contributed by atoms with Crippen LogP contribution in [0.2, 0.25) is 0 Å². The maximum atomic E-state index is 13.0. The number of anilines is 1. The van der Waals surface area contributed by atoms with Crippen LogP contribution in [0.25, 0.3) is 0 Å². The highest BCUT2D eigenvalue weighted by atomic mass is 19.4. The molecule has 0 aliphatic carbocycles. The minimum Gasteiger partial charge on any atom is -0.480 e. The number of rotatable bonds is 5. The number of halogens is 3. The highest BCUT2D eigenvalue weighted by molar-refractivity contribution is 6.04. The molecule has 1 atom stereocenters. The fourth-order valence-electron chi connectivity index (χ4n) is 3.80. The van der Waals surface area contributed by atoms with E-state index < -0.39 is 23.8 Å². The second-order valence-corrected chi connectivity index (χ2v) is 8.05. The second kappa shape index (κ2) is 9.59. The molecule has 176 valence electrons. The molecule has 0 bridgehead atoms. The molecule has 2 amide bonds. The van der Waals surface area contributed by atoms with E-state index in [2.05, 4.69) is 5.32 Å². The molecule has 0 spiro atoms. The van der Waals surface area contributed by atoms with Gasteiger partial charge in [0.1, 0.15) is 5.75 Å². The molecular formula is C26H23F3N2O3. The van der Waals surface area contributed by atoms with Gasteiger partial charge in [0, 0.05) is 29.9 Å². The lowest BCUT2D eigenvalue weighted by molar-refractivity contribution is -0.139. The lowest BCUT2D eigenvalue weighted by Gasteiger charge is -2.23. The predicted molar refractivity (Wildman–Crippen MR) is 121 cm³/mol. The third-order valence-corrected chi connectivity index (χ3v) is 5.60. The largest absolute Gasteiger partial charge is 0.480 e. The quantitative estimate of drug-likeness (QED) is 0.526. The lowest BCUT2D eigenvalue weighted by atomic mass is 10.1. The van der Waals surface area contributed by atoms with E-state index in [9.17, 15) is 22.8 Å². The van der Waals surface area contributed by atoms with E-state index in [4.69, 9.17) is 4.74 Å². The molecule has 0 saturated heterocycles. The highest BCUT2D eigenvalue weighted by Gasteiger charge is 2.31. The molecule has 3 aromatic carbocycles. The van der Waals surface area contributed by atoms with Crippen molar-refractivity contribution in [3.8, 4) is 5.75 Å². The molecule has 0 radical (unpaired) electrons. The van der Waals surface area contributed by atoms with Gasteiger partial charge in [-0.05, 0) is 54.4 Å². The summed E-state index contributed by atoms with van der Waals surface area (Å²) in [5.41, 5.74) is 1.45. The third-order valence-electron chi connectivity index (χ3n) is 5.60. The third kappa shape index (κ3) is 5.22. The number of ether oxygens (including phenoxy) is 1. The zero-order valence-electron chi connectivity index (χ0n) is 18.4. The number of alkyl halides is 3. The Hall–Kier alpha value is -3.81. The van der Waals surface area contributed by atoms with Crippen molar-refractivity contribution in [1.82, 2.24) is 4.90 Å². The zero-order valence-corrected chi connectivity index (χ0v) is 18.4. The summed E-state index contributed by atoms with van der Waals surface area (Å²) in [6.45, 7) is 2.59. The number of carbonyl (C=O) groups excluding carboxylic acids is 2. The fraction of sp³-hybridized carbons (Fsp3) is 0.231. The molecule has 3 aromatic rings. The van der Waals surface area contributed by atoms with Crippen molar-refractivity contribution in [3.05, 3.63) is 95.1 Å². The van der Waals surface area contributed by atoms with Crippen LogP contribution < -0.4 is 10.1 Å². The Morgan fingerprint density at radius 2 is 1.76 bits per heavy atom. The predicted octanol–water partition coefficient (Wildman–Crippen LogP) is 5.66. The summed E-state index contributed by atoms with van der Waals surface area (Å²) in [5.74, 6) is -0.0898. The Morgan fingerprint density at radius 1 is 1.06 bits per heavy atom. The van der Waals surface area contributed by atoms with Crippen LogP contribution in [0.3, 0.4) is 0 Å². The van der Waals surface area contributed by atoms with Crippen LogP contribution in [-0.4, -0.2) is 22.8 Å². The van der Waals surface area contributed by atoms with Crippen LogP contribution in [-0.2, 0) is 24.1 Å². The maximum Gasteiger partial charge on any atom is 0.416 e. The molecule has 1 N–H and O–H groups in total. The van der Waals surface area contributed by atoms with E-state index >= 15 is 0 Å². The standard InChI is InChI=1S/C26H23F3N2O3/c1-2-22-25(33)31(15-17-6-4-3-5-7-17)16-19-14-21(12-13-23(19)34-22)30-24(32)18-8-10-20(11-9-18)26(27,28)29/h3-14,22H,2,15-16H2,1H3,(H,30,32). The van der Waals surface area contributed by atoms with Crippen LogP contribution in [0.15, 0.2) is 72.8 Å². The van der Waals surface area contributed by atoms with Gasteiger partial charge in [-0.15, -0.1) is 0 Å². The summed E-state index contributed by atoms with van der Waals surface area (Å²) in [7, 11) is 0. The molecule has 1 aliphatic heterocycles. The van der Waals surface area contributed by atoms with Crippen LogP contribution in [0, 0.1) is 0 Å². The van der Waals surface area contributed by atoms with Gasteiger partial charge in [0.15, 0.2) is 6.10 Å². The topological polar surface area (TPSA) is 58.6 Å². The fourth-order valence-corrected chi connectivity index (χ4v) is 3.80. The first kappa shape index (κ1) is 23.4. The molecule has 0 saturated carbocycles. The molecule has 1 unspecified atom stereocenters. The Bertz CT molecular complexity index is 1180. The normalized spacial score (nSPS) is 15.8. The van der Waals surface area contributed by atoms with Crippen molar-refractivity contribution < 1.29 is 27.5 Å². The van der Waals surface area contributed by atoms with Crippen LogP contribution in [0.4, 0.5) is 18.9 Å². The van der Waals surface area contributed by atoms with Gasteiger partial charge in [-0.2, -0.15) is 13.2 Å². The highest BCUT2D eigenvalue weighted by Crippen LogP contribution is 2.31. The van der Waals surface area contributed by atoms with E-state index in [-0.39, 0.29) is 11.5 Å². The van der Waals surface area contributed by atoms with Crippen molar-refractivity contribution >= 4 is 17.5 Å². The monoisotopic (exact) mass is 468 g/mol. The number of fused-ring (bicyclic) bond motifs is 1.